The van der Waals surface area contributed by atoms with Crippen molar-refractivity contribution in [3.8, 4) is 0 Å². The summed E-state index contributed by atoms with van der Waals surface area (Å²) in [6.07, 6.45) is 1.24. The van der Waals surface area contributed by atoms with Crippen molar-refractivity contribution in [2.24, 2.45) is 5.92 Å². The first-order valence-corrected chi connectivity index (χ1v) is 12.3. The molecule has 1 N–H and O–H groups in total. The molecule has 32 heavy (non-hydrogen) atoms. The summed E-state index contributed by atoms with van der Waals surface area (Å²) < 4.78 is 45.6. The minimum absolute atomic E-state index is 0.0420. The van der Waals surface area contributed by atoms with E-state index in [1.54, 1.807) is 0 Å². The smallest absolute Gasteiger partial charge is 0.243 e. The minimum atomic E-state index is -3.75. The lowest BCUT2D eigenvalue weighted by Gasteiger charge is -2.31. The maximum absolute atomic E-state index is 13.2. The first-order chi connectivity index (χ1) is 15.4. The van der Waals surface area contributed by atoms with Crippen LogP contribution in [0.15, 0.2) is 53.4 Å². The van der Waals surface area contributed by atoms with Crippen LogP contribution in [-0.2, 0) is 26.1 Å². The number of morpholine rings is 1. The minimum Gasteiger partial charge on any atom is -0.378 e. The van der Waals surface area contributed by atoms with Crippen molar-refractivity contribution in [2.45, 2.75) is 24.3 Å². The number of hydrogen-bond donors (Lipinski definition) is 1. The third-order valence-corrected chi connectivity index (χ3v) is 7.87. The molecule has 2 fully saturated rings. The van der Waals surface area contributed by atoms with E-state index in [1.165, 1.54) is 16.4 Å². The molecule has 172 valence electrons. The molecule has 2 aliphatic rings. The predicted molar refractivity (Wildman–Crippen MR) is 119 cm³/mol. The standard InChI is InChI=1S/C23H28FN3O4S/c24-20-5-9-22(10-6-20)32(29,30)27-11-1-2-19(17-27)23(28)25-16-18-3-7-21(8-4-18)26-12-14-31-15-13-26/h3-10,19H,1-2,11-17H2,(H,25,28)/t19-/m0/s1. The summed E-state index contributed by atoms with van der Waals surface area (Å²) in [7, 11) is -3.75. The summed E-state index contributed by atoms with van der Waals surface area (Å²) in [5.41, 5.74) is 2.12. The molecule has 1 amide bonds. The van der Waals surface area contributed by atoms with Crippen LogP contribution >= 0.6 is 0 Å². The van der Waals surface area contributed by atoms with Gasteiger partial charge in [-0.15, -0.1) is 0 Å². The fraction of sp³-hybridized carbons (Fsp3) is 0.435. The second-order valence-corrected chi connectivity index (χ2v) is 10.1. The zero-order chi connectivity index (χ0) is 22.6. The van der Waals surface area contributed by atoms with Crippen LogP contribution in [0.3, 0.4) is 0 Å². The number of nitrogens with zero attached hydrogens (tertiary/aromatic N) is 2. The van der Waals surface area contributed by atoms with Crippen LogP contribution in [-0.4, -0.2) is 58.0 Å². The second-order valence-electron chi connectivity index (χ2n) is 8.14. The Morgan fingerprint density at radius 3 is 2.41 bits per heavy atom. The van der Waals surface area contributed by atoms with E-state index in [0.29, 0.717) is 25.9 Å². The Balaban J connectivity index is 1.33. The summed E-state index contributed by atoms with van der Waals surface area (Å²) in [6.45, 7) is 4.07. The zero-order valence-corrected chi connectivity index (χ0v) is 18.7. The van der Waals surface area contributed by atoms with Gasteiger partial charge in [0.05, 0.1) is 24.0 Å². The van der Waals surface area contributed by atoms with Gasteiger partial charge in [-0.05, 0) is 54.8 Å². The average Bonchev–Trinajstić information content (AvgIpc) is 2.84. The molecule has 9 heteroatoms. The van der Waals surface area contributed by atoms with Gasteiger partial charge in [-0.2, -0.15) is 4.31 Å². The molecule has 0 radical (unpaired) electrons. The molecule has 1 atom stereocenters. The molecule has 2 aromatic carbocycles. The van der Waals surface area contributed by atoms with E-state index in [2.05, 4.69) is 10.2 Å². The van der Waals surface area contributed by atoms with Crippen molar-refractivity contribution in [2.75, 3.05) is 44.3 Å². The Bertz CT molecular complexity index is 1020. The number of piperidine rings is 1. The van der Waals surface area contributed by atoms with Gasteiger partial charge < -0.3 is 15.0 Å². The topological polar surface area (TPSA) is 79.0 Å². The lowest BCUT2D eigenvalue weighted by atomic mass is 9.98. The van der Waals surface area contributed by atoms with Crippen molar-refractivity contribution >= 4 is 21.6 Å². The number of anilines is 1. The monoisotopic (exact) mass is 461 g/mol. The van der Waals surface area contributed by atoms with Crippen LogP contribution in [0.2, 0.25) is 0 Å². The summed E-state index contributed by atoms with van der Waals surface area (Å²) in [5.74, 6) is -1.05. The van der Waals surface area contributed by atoms with E-state index in [1.807, 2.05) is 24.3 Å². The van der Waals surface area contributed by atoms with Crippen LogP contribution < -0.4 is 10.2 Å². The molecule has 0 aliphatic carbocycles. The molecule has 2 heterocycles. The molecule has 4 rings (SSSR count). The van der Waals surface area contributed by atoms with E-state index < -0.39 is 21.8 Å². The van der Waals surface area contributed by atoms with Crippen molar-refractivity contribution in [3.05, 3.63) is 59.9 Å². The first kappa shape index (κ1) is 22.7. The van der Waals surface area contributed by atoms with E-state index in [0.717, 1.165) is 49.7 Å². The van der Waals surface area contributed by atoms with Gasteiger partial charge in [0.1, 0.15) is 5.82 Å². The van der Waals surface area contributed by atoms with Crippen LogP contribution in [0.4, 0.5) is 10.1 Å². The molecular weight excluding hydrogens is 433 g/mol. The molecule has 0 aromatic heterocycles. The SMILES string of the molecule is O=C(NCc1ccc(N2CCOCC2)cc1)[C@H]1CCCN(S(=O)(=O)c2ccc(F)cc2)C1. The van der Waals surface area contributed by atoms with Gasteiger partial charge in [-0.1, -0.05) is 12.1 Å². The summed E-state index contributed by atoms with van der Waals surface area (Å²) >= 11 is 0. The fourth-order valence-electron chi connectivity index (χ4n) is 4.11. The zero-order valence-electron chi connectivity index (χ0n) is 17.9. The van der Waals surface area contributed by atoms with Crippen LogP contribution in [0, 0.1) is 11.7 Å². The number of rotatable bonds is 6. The lowest BCUT2D eigenvalue weighted by Crippen LogP contribution is -2.45. The fourth-order valence-corrected chi connectivity index (χ4v) is 5.63. The van der Waals surface area contributed by atoms with Crippen molar-refractivity contribution < 1.29 is 22.3 Å². The molecule has 0 saturated carbocycles. The van der Waals surface area contributed by atoms with E-state index in [9.17, 15) is 17.6 Å². The lowest BCUT2D eigenvalue weighted by molar-refractivity contribution is -0.126. The Kier molecular flexibility index (Phi) is 7.07. The van der Waals surface area contributed by atoms with Crippen molar-refractivity contribution in [3.63, 3.8) is 0 Å². The van der Waals surface area contributed by atoms with Gasteiger partial charge in [0.25, 0.3) is 0 Å². The summed E-state index contributed by atoms with van der Waals surface area (Å²) in [4.78, 5) is 15.0. The normalized spacial score (nSPS) is 20.2. The number of amides is 1. The third-order valence-electron chi connectivity index (χ3n) is 5.99. The van der Waals surface area contributed by atoms with Crippen LogP contribution in [0.25, 0.3) is 0 Å². The van der Waals surface area contributed by atoms with Gasteiger partial charge in [0.2, 0.25) is 15.9 Å². The molecule has 7 nitrogen and oxygen atoms in total. The number of nitrogens with one attached hydrogen (secondary N) is 1. The second kappa shape index (κ2) is 9.97. The Morgan fingerprint density at radius 2 is 1.72 bits per heavy atom. The third kappa shape index (κ3) is 5.28. The van der Waals surface area contributed by atoms with Gasteiger partial charge in [0.15, 0.2) is 0 Å². The highest BCUT2D eigenvalue weighted by molar-refractivity contribution is 7.89. The summed E-state index contributed by atoms with van der Waals surface area (Å²) in [6, 6.07) is 12.9. The van der Waals surface area contributed by atoms with E-state index >= 15 is 0 Å². The number of carbonyl (C=O) groups is 1. The highest BCUT2D eigenvalue weighted by atomic mass is 32.2. The number of hydrogen-bond acceptors (Lipinski definition) is 5. The molecule has 2 aliphatic heterocycles. The van der Waals surface area contributed by atoms with Gasteiger partial charge >= 0.3 is 0 Å². The maximum atomic E-state index is 13.2. The number of ether oxygens (including phenoxy) is 1. The molecule has 0 unspecified atom stereocenters. The first-order valence-electron chi connectivity index (χ1n) is 10.9. The summed E-state index contributed by atoms with van der Waals surface area (Å²) in [5, 5.41) is 2.94. The van der Waals surface area contributed by atoms with Crippen molar-refractivity contribution in [1.82, 2.24) is 9.62 Å². The van der Waals surface area contributed by atoms with Crippen molar-refractivity contribution in [1.29, 1.82) is 0 Å². The Morgan fingerprint density at radius 1 is 1.03 bits per heavy atom. The highest BCUT2D eigenvalue weighted by Crippen LogP contribution is 2.24. The highest BCUT2D eigenvalue weighted by Gasteiger charge is 2.33. The molecule has 2 aromatic rings. The largest absolute Gasteiger partial charge is 0.378 e. The van der Waals surface area contributed by atoms with Gasteiger partial charge in [0, 0.05) is 38.4 Å². The Labute approximate surface area is 188 Å². The maximum Gasteiger partial charge on any atom is 0.243 e. The number of carbonyl (C=O) groups excluding carboxylic acids is 1. The van der Waals surface area contributed by atoms with Gasteiger partial charge in [-0.25, -0.2) is 12.8 Å². The number of halogens is 1. The van der Waals surface area contributed by atoms with E-state index in [4.69, 9.17) is 4.74 Å². The van der Waals surface area contributed by atoms with Crippen LogP contribution in [0.5, 0.6) is 0 Å². The molecule has 0 bridgehead atoms. The quantitative estimate of drug-likeness (QED) is 0.715. The predicted octanol–water partition coefficient (Wildman–Crippen LogP) is 2.38. The molecular formula is C23H28FN3O4S. The Hall–Kier alpha value is -2.49. The average molecular weight is 462 g/mol. The van der Waals surface area contributed by atoms with Crippen LogP contribution in [0.1, 0.15) is 18.4 Å². The molecule has 2 saturated heterocycles. The van der Waals surface area contributed by atoms with E-state index in [-0.39, 0.29) is 17.3 Å². The number of sulfonamides is 1. The molecule has 0 spiro atoms. The number of benzene rings is 2. The van der Waals surface area contributed by atoms with Gasteiger partial charge in [-0.3, -0.25) is 4.79 Å².